The third kappa shape index (κ3) is 5.33. The first kappa shape index (κ1) is 27.4. The summed E-state index contributed by atoms with van der Waals surface area (Å²) >= 11 is 0. The normalized spacial score (nSPS) is 21.4. The number of hydrogen-bond donors (Lipinski definition) is 2. The molecule has 2 amide bonds. The summed E-state index contributed by atoms with van der Waals surface area (Å²) in [7, 11) is -4.27. The zero-order chi connectivity index (χ0) is 27.9. The molecule has 2 aromatic rings. The van der Waals surface area contributed by atoms with Gasteiger partial charge in [-0.15, -0.1) is 0 Å². The summed E-state index contributed by atoms with van der Waals surface area (Å²) in [6.07, 6.45) is -3.14. The zero-order valence-corrected chi connectivity index (χ0v) is 20.5. The van der Waals surface area contributed by atoms with Crippen LogP contribution in [0.4, 0.5) is 38.1 Å². The number of carbonyl (C=O) groups excluding carboxylic acids is 2. The van der Waals surface area contributed by atoms with Gasteiger partial charge in [-0.25, -0.2) is 17.6 Å². The van der Waals surface area contributed by atoms with Crippen LogP contribution in [-0.2, 0) is 19.6 Å². The van der Waals surface area contributed by atoms with Crippen molar-refractivity contribution in [3.05, 3.63) is 48.3 Å². The number of amides is 2. The topological polar surface area (TPSA) is 114 Å². The van der Waals surface area contributed by atoms with Crippen LogP contribution >= 0.6 is 0 Å². The predicted octanol–water partition coefficient (Wildman–Crippen LogP) is 3.76. The van der Waals surface area contributed by atoms with E-state index < -0.39 is 58.8 Å². The quantitative estimate of drug-likeness (QED) is 0.496. The molecule has 0 aromatic heterocycles. The molecule has 2 atom stereocenters. The number of benzene rings is 2. The Kier molecular flexibility index (Phi) is 7.16. The largest absolute Gasteiger partial charge is 0.484 e. The highest BCUT2D eigenvalue weighted by atomic mass is 32.2. The van der Waals surface area contributed by atoms with E-state index in [2.05, 4.69) is 15.4 Å². The molecule has 1 aliphatic carbocycles. The van der Waals surface area contributed by atoms with Crippen molar-refractivity contribution in [2.75, 3.05) is 29.3 Å². The standard InChI is InChI=1S/C23H22F5N3O6S/c1-13(32)29-10-17-11-31(38(34,35)18-5-2-15(24)3-6-18)19-8-16(4-7-20(19)37-17)30-21(33)36-12-14-9-22(25,26)23(14,27)28/h2-8,14,17H,9-12H2,1H3,(H,29,32)(H,30,33). The van der Waals surface area contributed by atoms with Gasteiger partial charge in [0.2, 0.25) is 5.91 Å². The molecule has 0 spiro atoms. The molecule has 2 aromatic carbocycles. The maximum atomic E-state index is 13.4. The number of anilines is 2. The molecule has 1 heterocycles. The second kappa shape index (κ2) is 9.93. The van der Waals surface area contributed by atoms with E-state index in [1.54, 1.807) is 0 Å². The molecule has 0 radical (unpaired) electrons. The maximum absolute atomic E-state index is 13.4. The summed E-state index contributed by atoms with van der Waals surface area (Å²) in [4.78, 5) is 23.2. The summed E-state index contributed by atoms with van der Waals surface area (Å²) < 4.78 is 104. The van der Waals surface area contributed by atoms with Gasteiger partial charge in [0.05, 0.1) is 29.6 Å². The first-order valence-corrected chi connectivity index (χ1v) is 12.7. The Morgan fingerprint density at radius 2 is 1.82 bits per heavy atom. The Morgan fingerprint density at radius 3 is 2.42 bits per heavy atom. The number of nitrogens with zero attached hydrogens (tertiary/aromatic N) is 1. The van der Waals surface area contributed by atoms with Crippen molar-refractivity contribution >= 4 is 33.4 Å². The summed E-state index contributed by atoms with van der Waals surface area (Å²) in [5.74, 6) is -11.2. The van der Waals surface area contributed by atoms with Crippen molar-refractivity contribution in [2.45, 2.75) is 36.2 Å². The van der Waals surface area contributed by atoms with Crippen LogP contribution in [0.2, 0.25) is 0 Å². The Bertz CT molecular complexity index is 1340. The molecule has 1 saturated carbocycles. The van der Waals surface area contributed by atoms with Gasteiger partial charge < -0.3 is 14.8 Å². The van der Waals surface area contributed by atoms with E-state index in [1.165, 1.54) is 25.1 Å². The summed E-state index contributed by atoms with van der Waals surface area (Å²) in [5.41, 5.74) is -0.0287. The second-order valence-corrected chi connectivity index (χ2v) is 10.7. The molecule has 4 rings (SSSR count). The van der Waals surface area contributed by atoms with Crippen molar-refractivity contribution in [2.24, 2.45) is 5.92 Å². The van der Waals surface area contributed by atoms with Crippen molar-refractivity contribution < 1.29 is 49.4 Å². The Hall–Kier alpha value is -3.62. The van der Waals surface area contributed by atoms with Gasteiger partial charge >= 0.3 is 17.9 Å². The van der Waals surface area contributed by atoms with E-state index in [9.17, 15) is 40.0 Å². The minimum absolute atomic E-state index is 0.0114. The molecule has 9 nitrogen and oxygen atoms in total. The number of carbonyl (C=O) groups is 2. The van der Waals surface area contributed by atoms with E-state index in [0.29, 0.717) is 0 Å². The van der Waals surface area contributed by atoms with Crippen LogP contribution in [0, 0.1) is 11.7 Å². The highest BCUT2D eigenvalue weighted by Crippen LogP contribution is 2.55. The molecule has 2 N–H and O–H groups in total. The zero-order valence-electron chi connectivity index (χ0n) is 19.7. The van der Waals surface area contributed by atoms with Crippen molar-refractivity contribution in [3.8, 4) is 5.75 Å². The molecule has 1 aliphatic heterocycles. The average molecular weight is 564 g/mol. The Labute approximate surface area is 213 Å². The van der Waals surface area contributed by atoms with E-state index in [-0.39, 0.29) is 41.0 Å². The minimum atomic E-state index is -4.29. The van der Waals surface area contributed by atoms with Crippen LogP contribution in [-0.4, -0.2) is 58.1 Å². The monoisotopic (exact) mass is 563 g/mol. The van der Waals surface area contributed by atoms with Crippen LogP contribution in [0.1, 0.15) is 13.3 Å². The molecule has 0 saturated heterocycles. The predicted molar refractivity (Wildman–Crippen MR) is 123 cm³/mol. The fourth-order valence-electron chi connectivity index (χ4n) is 3.95. The molecule has 2 unspecified atom stereocenters. The van der Waals surface area contributed by atoms with Crippen molar-refractivity contribution in [1.82, 2.24) is 5.32 Å². The minimum Gasteiger partial charge on any atom is -0.484 e. The highest BCUT2D eigenvalue weighted by Gasteiger charge is 2.71. The third-order valence-electron chi connectivity index (χ3n) is 6.04. The molecular formula is C23H22F5N3O6S. The maximum Gasteiger partial charge on any atom is 0.411 e. The fraction of sp³-hybridized carbons (Fsp3) is 0.391. The average Bonchev–Trinajstić information content (AvgIpc) is 2.85. The first-order valence-electron chi connectivity index (χ1n) is 11.2. The lowest BCUT2D eigenvalue weighted by Crippen LogP contribution is -2.60. The number of sulfonamides is 1. The molecule has 206 valence electrons. The van der Waals surface area contributed by atoms with Gasteiger partial charge in [-0.05, 0) is 42.5 Å². The number of rotatable bonds is 7. The lowest BCUT2D eigenvalue weighted by molar-refractivity contribution is -0.318. The molecule has 2 aliphatic rings. The number of fused-ring (bicyclic) bond motifs is 1. The Morgan fingerprint density at radius 1 is 1.13 bits per heavy atom. The van der Waals surface area contributed by atoms with E-state index in [1.807, 2.05) is 0 Å². The molecule has 15 heteroatoms. The van der Waals surface area contributed by atoms with Gasteiger partial charge in [0.25, 0.3) is 10.0 Å². The molecular weight excluding hydrogens is 541 g/mol. The Balaban J connectivity index is 1.54. The summed E-state index contributed by atoms with van der Waals surface area (Å²) in [6, 6.07) is 7.95. The van der Waals surface area contributed by atoms with Gasteiger partial charge in [0.15, 0.2) is 0 Å². The first-order chi connectivity index (χ1) is 17.7. The number of ether oxygens (including phenoxy) is 2. The summed E-state index contributed by atoms with van der Waals surface area (Å²) in [5, 5.41) is 4.77. The molecule has 38 heavy (non-hydrogen) atoms. The van der Waals surface area contributed by atoms with Crippen LogP contribution in [0.15, 0.2) is 47.4 Å². The van der Waals surface area contributed by atoms with Gasteiger partial charge in [0, 0.05) is 19.0 Å². The van der Waals surface area contributed by atoms with Crippen LogP contribution in [0.25, 0.3) is 0 Å². The number of halogens is 5. The van der Waals surface area contributed by atoms with E-state index in [4.69, 9.17) is 4.74 Å². The van der Waals surface area contributed by atoms with Crippen LogP contribution < -0.4 is 19.7 Å². The van der Waals surface area contributed by atoms with Crippen LogP contribution in [0.5, 0.6) is 5.75 Å². The molecule has 0 bridgehead atoms. The molecule has 1 fully saturated rings. The highest BCUT2D eigenvalue weighted by molar-refractivity contribution is 7.92. The van der Waals surface area contributed by atoms with E-state index in [0.717, 1.165) is 28.6 Å². The van der Waals surface area contributed by atoms with Gasteiger partial charge in [-0.2, -0.15) is 17.6 Å². The van der Waals surface area contributed by atoms with Gasteiger partial charge in [0.1, 0.15) is 24.3 Å². The number of alkyl halides is 4. The fourth-order valence-corrected chi connectivity index (χ4v) is 5.45. The lowest BCUT2D eigenvalue weighted by Gasteiger charge is -2.43. The van der Waals surface area contributed by atoms with Crippen molar-refractivity contribution in [1.29, 1.82) is 0 Å². The van der Waals surface area contributed by atoms with Crippen LogP contribution in [0.3, 0.4) is 0 Å². The SMILES string of the molecule is CC(=O)NCC1CN(S(=O)(=O)c2ccc(F)cc2)c2cc(NC(=O)OCC3CC(F)(F)C3(F)F)ccc2O1. The lowest BCUT2D eigenvalue weighted by atomic mass is 9.77. The van der Waals surface area contributed by atoms with Gasteiger partial charge in [-0.1, -0.05) is 0 Å². The van der Waals surface area contributed by atoms with Gasteiger partial charge in [-0.3, -0.25) is 14.4 Å². The second-order valence-electron chi connectivity index (χ2n) is 8.80. The van der Waals surface area contributed by atoms with Crippen molar-refractivity contribution in [3.63, 3.8) is 0 Å². The summed E-state index contributed by atoms with van der Waals surface area (Å²) in [6.45, 7) is 0.0457. The number of nitrogens with one attached hydrogen (secondary N) is 2. The smallest absolute Gasteiger partial charge is 0.411 e. The third-order valence-corrected chi connectivity index (χ3v) is 7.83. The number of hydrogen-bond acceptors (Lipinski definition) is 6. The van der Waals surface area contributed by atoms with E-state index >= 15 is 0 Å².